The number of nitrogens with zero attached hydrogens (tertiary/aromatic N) is 1. The monoisotopic (exact) mass is 311 g/mol. The predicted octanol–water partition coefficient (Wildman–Crippen LogP) is 6.42. The molecule has 0 aliphatic heterocycles. The van der Waals surface area contributed by atoms with Crippen LogP contribution >= 0.6 is 0 Å². The third-order valence-electron chi connectivity index (χ3n) is 4.58. The van der Waals surface area contributed by atoms with Gasteiger partial charge >= 0.3 is 0 Å². The molecule has 0 radical (unpaired) electrons. The number of benzene rings is 3. The minimum atomic E-state index is 0.478. The van der Waals surface area contributed by atoms with E-state index in [0.717, 1.165) is 0 Å². The van der Waals surface area contributed by atoms with E-state index in [4.69, 9.17) is 0 Å². The van der Waals surface area contributed by atoms with Crippen LogP contribution in [0, 0.1) is 0 Å². The fourth-order valence-electron chi connectivity index (χ4n) is 3.42. The molecule has 4 rings (SSSR count). The lowest BCUT2D eigenvalue weighted by molar-refractivity contribution is 0.852. The summed E-state index contributed by atoms with van der Waals surface area (Å²) in [5.74, 6) is 0.478. The van der Waals surface area contributed by atoms with Gasteiger partial charge in [0, 0.05) is 11.1 Å². The Bertz CT molecular complexity index is 977. The molecule has 1 heteroatoms. The first-order valence-electron chi connectivity index (χ1n) is 8.51. The van der Waals surface area contributed by atoms with Crippen molar-refractivity contribution in [3.05, 3.63) is 90.5 Å². The molecule has 0 saturated heterocycles. The van der Waals surface area contributed by atoms with Crippen molar-refractivity contribution in [3.8, 4) is 16.9 Å². The summed E-state index contributed by atoms with van der Waals surface area (Å²) >= 11 is 0. The summed E-state index contributed by atoms with van der Waals surface area (Å²) in [6, 6.07) is 30.3. The average molecular weight is 311 g/mol. The van der Waals surface area contributed by atoms with Crippen LogP contribution in [-0.4, -0.2) is 4.57 Å². The molecule has 1 aromatic heterocycles. The fraction of sp³-hybridized carbons (Fsp3) is 0.130. The lowest BCUT2D eigenvalue weighted by Crippen LogP contribution is -2.02. The molecule has 0 atom stereocenters. The van der Waals surface area contributed by atoms with Gasteiger partial charge in [0.25, 0.3) is 0 Å². The highest BCUT2D eigenvalue weighted by molar-refractivity contribution is 5.89. The molecule has 0 bridgehead atoms. The van der Waals surface area contributed by atoms with Crippen molar-refractivity contribution < 1.29 is 0 Å². The quantitative estimate of drug-likeness (QED) is 0.411. The molecule has 1 nitrogen and oxygen atoms in total. The van der Waals surface area contributed by atoms with Gasteiger partial charge in [-0.2, -0.15) is 0 Å². The third-order valence-corrected chi connectivity index (χ3v) is 4.58. The second-order valence-corrected chi connectivity index (χ2v) is 6.50. The average Bonchev–Trinajstić information content (AvgIpc) is 3.02. The lowest BCUT2D eigenvalue weighted by Gasteiger charge is -2.17. The molecule has 1 heterocycles. The third kappa shape index (κ3) is 2.43. The molecule has 0 fully saturated rings. The Balaban J connectivity index is 2.08. The van der Waals surface area contributed by atoms with Gasteiger partial charge in [0.1, 0.15) is 0 Å². The van der Waals surface area contributed by atoms with Crippen LogP contribution in [0.1, 0.15) is 25.3 Å². The molecule has 118 valence electrons. The highest BCUT2D eigenvalue weighted by Gasteiger charge is 2.15. The van der Waals surface area contributed by atoms with E-state index in [2.05, 4.69) is 103 Å². The largest absolute Gasteiger partial charge is 0.309 e. The summed E-state index contributed by atoms with van der Waals surface area (Å²) in [7, 11) is 0. The first-order valence-corrected chi connectivity index (χ1v) is 8.51. The topological polar surface area (TPSA) is 4.93 Å². The molecule has 0 aliphatic carbocycles. The Morgan fingerprint density at radius 3 is 2.17 bits per heavy atom. The zero-order chi connectivity index (χ0) is 16.5. The summed E-state index contributed by atoms with van der Waals surface area (Å²) in [6.45, 7) is 4.51. The van der Waals surface area contributed by atoms with Crippen LogP contribution in [0.5, 0.6) is 0 Å². The van der Waals surface area contributed by atoms with Crippen LogP contribution in [0.4, 0.5) is 0 Å². The molecular formula is C23H21N. The Morgan fingerprint density at radius 2 is 1.38 bits per heavy atom. The van der Waals surface area contributed by atoms with E-state index in [1.807, 2.05) is 0 Å². The maximum atomic E-state index is 2.40. The van der Waals surface area contributed by atoms with Crippen molar-refractivity contribution in [2.45, 2.75) is 19.8 Å². The number of hydrogen-bond acceptors (Lipinski definition) is 0. The van der Waals surface area contributed by atoms with Gasteiger partial charge < -0.3 is 4.57 Å². The molecule has 4 aromatic rings. The maximum absolute atomic E-state index is 2.40. The van der Waals surface area contributed by atoms with Crippen molar-refractivity contribution in [2.75, 3.05) is 0 Å². The van der Waals surface area contributed by atoms with Crippen LogP contribution in [0.25, 0.3) is 27.8 Å². The van der Waals surface area contributed by atoms with Gasteiger partial charge in [0.05, 0.1) is 11.2 Å². The van der Waals surface area contributed by atoms with Gasteiger partial charge in [-0.05, 0) is 35.2 Å². The fourth-order valence-corrected chi connectivity index (χ4v) is 3.42. The Morgan fingerprint density at radius 1 is 0.708 bits per heavy atom. The molecule has 3 aromatic carbocycles. The van der Waals surface area contributed by atoms with Crippen molar-refractivity contribution in [1.29, 1.82) is 0 Å². The van der Waals surface area contributed by atoms with Crippen LogP contribution in [-0.2, 0) is 0 Å². The van der Waals surface area contributed by atoms with E-state index >= 15 is 0 Å². The summed E-state index contributed by atoms with van der Waals surface area (Å²) in [5, 5.41) is 1.27. The number of rotatable bonds is 3. The maximum Gasteiger partial charge on any atom is 0.0541 e. The highest BCUT2D eigenvalue weighted by atomic mass is 15.0. The van der Waals surface area contributed by atoms with Crippen LogP contribution in [0.2, 0.25) is 0 Å². The van der Waals surface area contributed by atoms with E-state index in [1.165, 1.54) is 33.4 Å². The molecule has 0 N–H and O–H groups in total. The van der Waals surface area contributed by atoms with Gasteiger partial charge in [-0.1, -0.05) is 80.6 Å². The first-order chi connectivity index (χ1) is 11.8. The number of para-hydroxylation sites is 2. The molecule has 0 amide bonds. The van der Waals surface area contributed by atoms with Gasteiger partial charge in [-0.15, -0.1) is 0 Å². The number of hydrogen-bond donors (Lipinski definition) is 0. The second kappa shape index (κ2) is 6.01. The van der Waals surface area contributed by atoms with Crippen molar-refractivity contribution in [2.24, 2.45) is 0 Å². The van der Waals surface area contributed by atoms with E-state index < -0.39 is 0 Å². The highest BCUT2D eigenvalue weighted by Crippen LogP contribution is 2.34. The summed E-state index contributed by atoms with van der Waals surface area (Å²) in [4.78, 5) is 0. The molecular weight excluding hydrogens is 290 g/mol. The first kappa shape index (κ1) is 14.8. The Labute approximate surface area is 143 Å². The standard InChI is InChI=1S/C23H21N/c1-17(2)20-13-7-9-15-22(20)24-21-14-8-6-12-19(21)16-23(24)18-10-4-3-5-11-18/h3-17H,1-2H3. The molecule has 0 spiro atoms. The SMILES string of the molecule is CC(C)c1ccccc1-n1c(-c2ccccc2)cc2ccccc21. The zero-order valence-electron chi connectivity index (χ0n) is 14.1. The van der Waals surface area contributed by atoms with Crippen molar-refractivity contribution in [3.63, 3.8) is 0 Å². The van der Waals surface area contributed by atoms with Crippen molar-refractivity contribution >= 4 is 10.9 Å². The van der Waals surface area contributed by atoms with Gasteiger partial charge in [-0.25, -0.2) is 0 Å². The minimum Gasteiger partial charge on any atom is -0.309 e. The van der Waals surface area contributed by atoms with Crippen molar-refractivity contribution in [1.82, 2.24) is 4.57 Å². The van der Waals surface area contributed by atoms with Crippen LogP contribution in [0.15, 0.2) is 84.9 Å². The van der Waals surface area contributed by atoms with E-state index in [9.17, 15) is 0 Å². The molecule has 24 heavy (non-hydrogen) atoms. The Hall–Kier alpha value is -2.80. The van der Waals surface area contributed by atoms with E-state index in [-0.39, 0.29) is 0 Å². The summed E-state index contributed by atoms with van der Waals surface area (Å²) < 4.78 is 2.40. The number of fused-ring (bicyclic) bond motifs is 1. The zero-order valence-corrected chi connectivity index (χ0v) is 14.1. The van der Waals surface area contributed by atoms with E-state index in [1.54, 1.807) is 0 Å². The molecule has 0 saturated carbocycles. The van der Waals surface area contributed by atoms with Gasteiger partial charge in [0.15, 0.2) is 0 Å². The van der Waals surface area contributed by atoms with E-state index in [0.29, 0.717) is 5.92 Å². The molecule has 0 unspecified atom stereocenters. The normalized spacial score (nSPS) is 11.3. The summed E-state index contributed by atoms with van der Waals surface area (Å²) in [5.41, 5.74) is 6.38. The smallest absolute Gasteiger partial charge is 0.0541 e. The van der Waals surface area contributed by atoms with Crippen LogP contribution < -0.4 is 0 Å². The Kier molecular flexibility index (Phi) is 3.70. The minimum absolute atomic E-state index is 0.478. The number of aromatic nitrogens is 1. The van der Waals surface area contributed by atoms with Gasteiger partial charge in [-0.3, -0.25) is 0 Å². The second-order valence-electron chi connectivity index (χ2n) is 6.50. The van der Waals surface area contributed by atoms with Crippen LogP contribution in [0.3, 0.4) is 0 Å². The summed E-state index contributed by atoms with van der Waals surface area (Å²) in [6.07, 6.45) is 0. The van der Waals surface area contributed by atoms with Gasteiger partial charge in [0.2, 0.25) is 0 Å². The lowest BCUT2D eigenvalue weighted by atomic mass is 10.0. The molecule has 0 aliphatic rings. The predicted molar refractivity (Wildman–Crippen MR) is 103 cm³/mol.